The van der Waals surface area contributed by atoms with Gasteiger partial charge in [-0.05, 0) is 94.2 Å². The van der Waals surface area contributed by atoms with Crippen LogP contribution >= 0.6 is 8.58 Å². The van der Waals surface area contributed by atoms with Crippen molar-refractivity contribution in [2.24, 2.45) is 0 Å². The van der Waals surface area contributed by atoms with Crippen LogP contribution in [0.5, 0.6) is 11.5 Å². The Morgan fingerprint density at radius 3 is 1.83 bits per heavy atom. The normalized spacial score (nSPS) is 12.0. The van der Waals surface area contributed by atoms with Gasteiger partial charge in [-0.15, -0.1) is 0 Å². The summed E-state index contributed by atoms with van der Waals surface area (Å²) in [5.74, 6) is 1.46. The first kappa shape index (κ1) is 25.8. The van der Waals surface area contributed by atoms with Gasteiger partial charge < -0.3 is 9.47 Å². The van der Waals surface area contributed by atoms with Crippen LogP contribution in [0.4, 0.5) is 0 Å². The molecule has 1 atom stereocenters. The maximum atomic E-state index is 13.1. The molecule has 0 aliphatic heterocycles. The van der Waals surface area contributed by atoms with Crippen LogP contribution in [0, 0.1) is 20.8 Å². The predicted octanol–water partition coefficient (Wildman–Crippen LogP) is 5.73. The number of carbonyl (C=O) groups is 1. The summed E-state index contributed by atoms with van der Waals surface area (Å²) in [4.78, 5) is 13.1. The molecular formula is C24H33LiO3P. The topological polar surface area (TPSA) is 35.5 Å². The first-order chi connectivity index (χ1) is 12.7. The van der Waals surface area contributed by atoms with Crippen molar-refractivity contribution in [3.63, 3.8) is 0 Å². The van der Waals surface area contributed by atoms with Gasteiger partial charge in [0.1, 0.15) is 22.7 Å². The number of hydrogen-bond acceptors (Lipinski definition) is 3. The molecule has 1 unspecified atom stereocenters. The van der Waals surface area contributed by atoms with Gasteiger partial charge >= 0.3 is 0 Å². The van der Waals surface area contributed by atoms with Crippen molar-refractivity contribution >= 4 is 38.3 Å². The third kappa shape index (κ3) is 7.82. The minimum absolute atomic E-state index is 0. The molecule has 0 heterocycles. The van der Waals surface area contributed by atoms with Crippen molar-refractivity contribution < 1.29 is 14.3 Å². The van der Waals surface area contributed by atoms with E-state index in [0.29, 0.717) is 5.75 Å². The summed E-state index contributed by atoms with van der Waals surface area (Å²) >= 11 is 0. The molecule has 0 saturated carbocycles. The molecule has 0 aliphatic carbocycles. The SMILES string of the molecule is Cc1cc(C)c(C(=O)Pc2ccc(OC(C)(C)C)cc2OC(C)(C)C)c(C)c1.[Li]. The van der Waals surface area contributed by atoms with Gasteiger partial charge in [0.05, 0.1) is 0 Å². The minimum Gasteiger partial charge on any atom is -0.488 e. The Kier molecular flexibility index (Phi) is 8.62. The summed E-state index contributed by atoms with van der Waals surface area (Å²) in [6.07, 6.45) is 0. The summed E-state index contributed by atoms with van der Waals surface area (Å²) in [5, 5.41) is 0.903. The van der Waals surface area contributed by atoms with E-state index in [4.69, 9.17) is 9.47 Å². The molecule has 2 aromatic rings. The molecular weight excluding hydrogens is 374 g/mol. The number of carbonyl (C=O) groups excluding carboxylic acids is 1. The van der Waals surface area contributed by atoms with Crippen molar-refractivity contribution in [2.75, 3.05) is 0 Å². The van der Waals surface area contributed by atoms with Crippen LogP contribution in [0.2, 0.25) is 0 Å². The van der Waals surface area contributed by atoms with E-state index in [1.807, 2.05) is 73.6 Å². The van der Waals surface area contributed by atoms with Gasteiger partial charge in [0.25, 0.3) is 0 Å². The van der Waals surface area contributed by atoms with E-state index < -0.39 is 0 Å². The minimum atomic E-state index is -0.363. The maximum Gasteiger partial charge on any atom is 0.186 e. The van der Waals surface area contributed by atoms with Crippen molar-refractivity contribution in [3.8, 4) is 11.5 Å². The van der Waals surface area contributed by atoms with E-state index >= 15 is 0 Å². The number of benzene rings is 2. The third-order valence-electron chi connectivity index (χ3n) is 3.95. The van der Waals surface area contributed by atoms with Crippen LogP contribution in [0.3, 0.4) is 0 Å². The number of rotatable bonds is 5. The largest absolute Gasteiger partial charge is 0.488 e. The zero-order valence-corrected chi connectivity index (χ0v) is 20.6. The molecule has 0 aliphatic rings. The van der Waals surface area contributed by atoms with Crippen LogP contribution in [0.15, 0.2) is 30.3 Å². The molecule has 2 aromatic carbocycles. The summed E-state index contributed by atoms with van der Waals surface area (Å²) in [6.45, 7) is 18.1. The van der Waals surface area contributed by atoms with Gasteiger partial charge in [-0.1, -0.05) is 17.7 Å². The first-order valence-electron chi connectivity index (χ1n) is 9.66. The van der Waals surface area contributed by atoms with E-state index in [0.717, 1.165) is 27.7 Å². The molecule has 29 heavy (non-hydrogen) atoms. The monoisotopic (exact) mass is 407 g/mol. The van der Waals surface area contributed by atoms with Gasteiger partial charge in [-0.25, -0.2) is 0 Å². The van der Waals surface area contributed by atoms with Crippen molar-refractivity contribution in [3.05, 3.63) is 52.6 Å². The Hall–Kier alpha value is -1.26. The van der Waals surface area contributed by atoms with E-state index in [1.165, 1.54) is 5.56 Å². The second kappa shape index (κ2) is 9.70. The fraction of sp³-hybridized carbons (Fsp3) is 0.458. The van der Waals surface area contributed by atoms with Gasteiger partial charge in [-0.3, -0.25) is 4.79 Å². The molecule has 0 amide bonds. The molecule has 3 nitrogen and oxygen atoms in total. The van der Waals surface area contributed by atoms with Crippen LogP contribution in [-0.4, -0.2) is 35.6 Å². The van der Waals surface area contributed by atoms with Crippen molar-refractivity contribution in [1.82, 2.24) is 0 Å². The fourth-order valence-corrected chi connectivity index (χ4v) is 4.34. The Labute approximate surface area is 189 Å². The standard InChI is InChI=1S/C24H33O3P.Li/c1-15-12-16(2)21(17(3)13-15)22(25)28-20-11-10-18(26-23(4,5)6)14-19(20)27-24(7,8)9;/h10-14,28H,1-9H3;. The Morgan fingerprint density at radius 2 is 1.34 bits per heavy atom. The van der Waals surface area contributed by atoms with E-state index in [9.17, 15) is 4.79 Å². The van der Waals surface area contributed by atoms with E-state index in [1.54, 1.807) is 0 Å². The average molecular weight is 407 g/mol. The van der Waals surface area contributed by atoms with E-state index in [2.05, 4.69) is 19.1 Å². The van der Waals surface area contributed by atoms with E-state index in [-0.39, 0.29) is 44.2 Å². The summed E-state index contributed by atoms with van der Waals surface area (Å²) < 4.78 is 12.2. The Balaban J connectivity index is 0.00000420. The zero-order chi connectivity index (χ0) is 21.3. The molecule has 0 N–H and O–H groups in total. The molecule has 0 spiro atoms. The van der Waals surface area contributed by atoms with Crippen LogP contribution in [-0.2, 0) is 0 Å². The van der Waals surface area contributed by atoms with Gasteiger partial charge in [-0.2, -0.15) is 0 Å². The molecule has 2 rings (SSSR count). The smallest absolute Gasteiger partial charge is 0.186 e. The first-order valence-corrected chi connectivity index (χ1v) is 10.7. The van der Waals surface area contributed by atoms with Gasteiger partial charge in [0.2, 0.25) is 0 Å². The quantitative estimate of drug-likeness (QED) is 0.469. The zero-order valence-electron chi connectivity index (χ0n) is 19.6. The van der Waals surface area contributed by atoms with Crippen molar-refractivity contribution in [1.29, 1.82) is 0 Å². The summed E-state index contributed by atoms with van der Waals surface area (Å²) in [5.41, 5.74) is 3.53. The van der Waals surface area contributed by atoms with Gasteiger partial charge in [0.15, 0.2) is 5.52 Å². The average Bonchev–Trinajstić information content (AvgIpc) is 2.45. The second-order valence-corrected chi connectivity index (χ2v) is 10.6. The molecule has 1 radical (unpaired) electrons. The van der Waals surface area contributed by atoms with Crippen LogP contribution in [0.25, 0.3) is 0 Å². The van der Waals surface area contributed by atoms with Crippen molar-refractivity contribution in [2.45, 2.75) is 73.5 Å². The molecule has 0 saturated heterocycles. The molecule has 0 fully saturated rings. The summed E-state index contributed by atoms with van der Waals surface area (Å²) in [6, 6.07) is 9.92. The van der Waals surface area contributed by atoms with Crippen LogP contribution < -0.4 is 14.8 Å². The van der Waals surface area contributed by atoms with Crippen LogP contribution in [0.1, 0.15) is 68.6 Å². The fourth-order valence-electron chi connectivity index (χ4n) is 3.16. The predicted molar refractivity (Wildman–Crippen MR) is 126 cm³/mol. The third-order valence-corrected chi connectivity index (χ3v) is 5.11. The second-order valence-electron chi connectivity index (χ2n) is 9.31. The van der Waals surface area contributed by atoms with Gasteiger partial charge in [0, 0.05) is 35.8 Å². The molecule has 153 valence electrons. The summed E-state index contributed by atoms with van der Waals surface area (Å²) in [7, 11) is -0.00504. The number of hydrogen-bond donors (Lipinski definition) is 0. The number of ether oxygens (including phenoxy) is 2. The molecule has 0 bridgehead atoms. The molecule has 0 aromatic heterocycles. The Bertz CT molecular complexity index is 854. The molecule has 5 heteroatoms. The number of aryl methyl sites for hydroxylation is 3. The maximum absolute atomic E-state index is 13.1. The Morgan fingerprint density at radius 1 is 0.828 bits per heavy atom.